The van der Waals surface area contributed by atoms with E-state index in [9.17, 15) is 4.79 Å². The van der Waals surface area contributed by atoms with E-state index >= 15 is 0 Å². The smallest absolute Gasteiger partial charge is 0.256 e. The second-order valence-corrected chi connectivity index (χ2v) is 6.22. The lowest BCUT2D eigenvalue weighted by molar-refractivity contribution is 0.658. The predicted molar refractivity (Wildman–Crippen MR) is 83.2 cm³/mol. The van der Waals surface area contributed by atoms with Gasteiger partial charge in [-0.25, -0.2) is 4.98 Å². The Bertz CT molecular complexity index is 713. The Morgan fingerprint density at radius 1 is 1.20 bits per heavy atom. The first-order chi connectivity index (χ1) is 9.54. The number of anilines is 2. The molecule has 0 saturated heterocycles. The van der Waals surface area contributed by atoms with Crippen LogP contribution in [0.2, 0.25) is 0 Å². The predicted octanol–water partition coefficient (Wildman–Crippen LogP) is 3.02. The summed E-state index contributed by atoms with van der Waals surface area (Å²) in [6.07, 6.45) is 0. The molecule has 20 heavy (non-hydrogen) atoms. The van der Waals surface area contributed by atoms with E-state index in [1.807, 2.05) is 0 Å². The molecule has 0 fully saturated rings. The molecule has 0 radical (unpaired) electrons. The van der Waals surface area contributed by atoms with Crippen LogP contribution in [0.15, 0.2) is 28.2 Å². The molecule has 0 atom stereocenters. The summed E-state index contributed by atoms with van der Waals surface area (Å²) >= 11 is 1.63. The van der Waals surface area contributed by atoms with Gasteiger partial charge in [-0.2, -0.15) is 0 Å². The van der Waals surface area contributed by atoms with Crippen LogP contribution in [0.3, 0.4) is 0 Å². The highest BCUT2D eigenvalue weighted by atomic mass is 32.2. The Hall–Kier alpha value is -1.75. The lowest BCUT2D eigenvalue weighted by Crippen LogP contribution is -2.20. The minimum atomic E-state index is 0.0184. The standard InChI is InChI=1S/C15H17N3OS/c1-9-6-10(2)14(11(3)7-9)16-12-8-13(19)18-4-5-20-15(18)17-12/h6-8,16H,4-5H2,1-3H3. The van der Waals surface area contributed by atoms with E-state index in [1.165, 1.54) is 5.56 Å². The van der Waals surface area contributed by atoms with E-state index in [-0.39, 0.29) is 5.56 Å². The Morgan fingerprint density at radius 3 is 2.60 bits per heavy atom. The third-order valence-electron chi connectivity index (χ3n) is 3.45. The van der Waals surface area contributed by atoms with E-state index in [2.05, 4.69) is 43.2 Å². The average Bonchev–Trinajstić information content (AvgIpc) is 2.82. The highest BCUT2D eigenvalue weighted by Crippen LogP contribution is 2.27. The van der Waals surface area contributed by atoms with E-state index in [1.54, 1.807) is 22.4 Å². The highest BCUT2D eigenvalue weighted by molar-refractivity contribution is 7.99. The average molecular weight is 287 g/mol. The SMILES string of the molecule is Cc1cc(C)c(Nc2cc(=O)n3c(n2)SCC3)c(C)c1. The van der Waals surface area contributed by atoms with Gasteiger partial charge in [0.25, 0.3) is 5.56 Å². The maximum Gasteiger partial charge on any atom is 0.256 e. The van der Waals surface area contributed by atoms with Gasteiger partial charge < -0.3 is 5.32 Å². The molecule has 0 amide bonds. The zero-order valence-electron chi connectivity index (χ0n) is 11.9. The summed E-state index contributed by atoms with van der Waals surface area (Å²) in [6, 6.07) is 5.84. The van der Waals surface area contributed by atoms with Crippen molar-refractivity contribution in [2.45, 2.75) is 32.5 Å². The van der Waals surface area contributed by atoms with Crippen molar-refractivity contribution in [1.29, 1.82) is 0 Å². The number of hydrogen-bond acceptors (Lipinski definition) is 4. The number of benzene rings is 1. The van der Waals surface area contributed by atoms with Gasteiger partial charge in [-0.3, -0.25) is 9.36 Å². The van der Waals surface area contributed by atoms with Crippen molar-refractivity contribution in [1.82, 2.24) is 9.55 Å². The molecule has 0 spiro atoms. The molecule has 5 heteroatoms. The molecule has 1 N–H and O–H groups in total. The summed E-state index contributed by atoms with van der Waals surface area (Å²) in [4.78, 5) is 16.5. The van der Waals surface area contributed by atoms with Crippen LogP contribution in [-0.4, -0.2) is 15.3 Å². The van der Waals surface area contributed by atoms with Crippen LogP contribution in [0.5, 0.6) is 0 Å². The molecule has 1 aromatic carbocycles. The van der Waals surface area contributed by atoms with Crippen molar-refractivity contribution in [3.05, 3.63) is 45.2 Å². The van der Waals surface area contributed by atoms with Gasteiger partial charge in [-0.1, -0.05) is 29.5 Å². The van der Waals surface area contributed by atoms with Gasteiger partial charge in [0.1, 0.15) is 5.82 Å². The molecule has 1 aliphatic rings. The van der Waals surface area contributed by atoms with Gasteiger partial charge >= 0.3 is 0 Å². The molecule has 4 nitrogen and oxygen atoms in total. The minimum Gasteiger partial charge on any atom is -0.340 e. The number of aromatic nitrogens is 2. The van der Waals surface area contributed by atoms with Crippen molar-refractivity contribution >= 4 is 23.3 Å². The molecule has 3 rings (SSSR count). The van der Waals surface area contributed by atoms with Crippen molar-refractivity contribution in [2.24, 2.45) is 0 Å². The molecule has 0 unspecified atom stereocenters. The van der Waals surface area contributed by atoms with Crippen molar-refractivity contribution in [2.75, 3.05) is 11.1 Å². The van der Waals surface area contributed by atoms with Crippen LogP contribution in [0.1, 0.15) is 16.7 Å². The van der Waals surface area contributed by atoms with E-state index in [0.29, 0.717) is 5.82 Å². The third kappa shape index (κ3) is 2.33. The largest absolute Gasteiger partial charge is 0.340 e. The number of fused-ring (bicyclic) bond motifs is 1. The zero-order chi connectivity index (χ0) is 14.3. The Kier molecular flexibility index (Phi) is 3.30. The quantitative estimate of drug-likeness (QED) is 0.863. The van der Waals surface area contributed by atoms with E-state index in [4.69, 9.17) is 0 Å². The molecular weight excluding hydrogens is 270 g/mol. The fourth-order valence-corrected chi connectivity index (χ4v) is 3.55. The molecular formula is C15H17N3OS. The number of thioether (sulfide) groups is 1. The van der Waals surface area contributed by atoms with Crippen LogP contribution < -0.4 is 10.9 Å². The van der Waals surface area contributed by atoms with Crippen LogP contribution in [0, 0.1) is 20.8 Å². The van der Waals surface area contributed by atoms with Crippen molar-refractivity contribution in [3.63, 3.8) is 0 Å². The molecule has 0 aliphatic carbocycles. The molecule has 2 heterocycles. The molecule has 1 aromatic heterocycles. The minimum absolute atomic E-state index is 0.0184. The van der Waals surface area contributed by atoms with Crippen LogP contribution in [0.25, 0.3) is 0 Å². The number of hydrogen-bond donors (Lipinski definition) is 1. The lowest BCUT2D eigenvalue weighted by Gasteiger charge is -2.14. The number of rotatable bonds is 2. The molecule has 1 aliphatic heterocycles. The summed E-state index contributed by atoms with van der Waals surface area (Å²) in [5.41, 5.74) is 4.62. The third-order valence-corrected chi connectivity index (χ3v) is 4.41. The monoisotopic (exact) mass is 287 g/mol. The van der Waals surface area contributed by atoms with Gasteiger partial charge in [0.05, 0.1) is 0 Å². The zero-order valence-corrected chi connectivity index (χ0v) is 12.7. The number of aryl methyl sites for hydroxylation is 3. The normalized spacial score (nSPS) is 13.3. The van der Waals surface area contributed by atoms with Gasteiger partial charge in [0, 0.05) is 24.1 Å². The number of nitrogens with one attached hydrogen (secondary N) is 1. The van der Waals surface area contributed by atoms with Crippen LogP contribution in [0.4, 0.5) is 11.5 Å². The fourth-order valence-electron chi connectivity index (χ4n) is 2.60. The highest BCUT2D eigenvalue weighted by Gasteiger charge is 2.15. The lowest BCUT2D eigenvalue weighted by atomic mass is 10.1. The number of nitrogens with zero attached hydrogens (tertiary/aromatic N) is 2. The second kappa shape index (κ2) is 4.98. The first-order valence-electron chi connectivity index (χ1n) is 6.64. The van der Waals surface area contributed by atoms with Gasteiger partial charge in [0.2, 0.25) is 0 Å². The molecule has 2 aromatic rings. The molecule has 0 saturated carbocycles. The van der Waals surface area contributed by atoms with Gasteiger partial charge in [-0.05, 0) is 31.9 Å². The summed E-state index contributed by atoms with van der Waals surface area (Å²) in [7, 11) is 0. The van der Waals surface area contributed by atoms with Gasteiger partial charge in [0.15, 0.2) is 5.16 Å². The Labute approximate surface area is 122 Å². The van der Waals surface area contributed by atoms with E-state index < -0.39 is 0 Å². The fraction of sp³-hybridized carbons (Fsp3) is 0.333. The Morgan fingerprint density at radius 2 is 1.90 bits per heavy atom. The van der Waals surface area contributed by atoms with Crippen LogP contribution >= 0.6 is 11.8 Å². The summed E-state index contributed by atoms with van der Waals surface area (Å²) in [6.45, 7) is 6.98. The van der Waals surface area contributed by atoms with Crippen molar-refractivity contribution in [3.8, 4) is 0 Å². The van der Waals surface area contributed by atoms with Crippen molar-refractivity contribution < 1.29 is 0 Å². The maximum absolute atomic E-state index is 12.0. The topological polar surface area (TPSA) is 46.9 Å². The Balaban J connectivity index is 2.01. The summed E-state index contributed by atoms with van der Waals surface area (Å²) in [5.74, 6) is 1.56. The first-order valence-corrected chi connectivity index (χ1v) is 7.63. The first kappa shape index (κ1) is 13.2. The maximum atomic E-state index is 12.0. The van der Waals surface area contributed by atoms with Gasteiger partial charge in [-0.15, -0.1) is 0 Å². The summed E-state index contributed by atoms with van der Waals surface area (Å²) < 4.78 is 1.73. The molecule has 0 bridgehead atoms. The van der Waals surface area contributed by atoms with E-state index in [0.717, 1.165) is 34.3 Å². The van der Waals surface area contributed by atoms with Crippen LogP contribution in [-0.2, 0) is 6.54 Å². The summed E-state index contributed by atoms with van der Waals surface area (Å²) in [5, 5.41) is 4.11. The molecule has 104 valence electrons. The second-order valence-electron chi connectivity index (χ2n) is 5.16.